The smallest absolute Gasteiger partial charge is 0.333 e. The van der Waals surface area contributed by atoms with Gasteiger partial charge >= 0.3 is 6.18 Å². The maximum absolute atomic E-state index is 12.1. The van der Waals surface area contributed by atoms with Crippen molar-refractivity contribution in [3.63, 3.8) is 0 Å². The Morgan fingerprint density at radius 2 is 1.88 bits per heavy atom. The van der Waals surface area contributed by atoms with Gasteiger partial charge in [-0.2, -0.15) is 13.2 Å². The number of nitrogens with one attached hydrogen (secondary N) is 1. The number of hydrazine groups is 1. The Morgan fingerprint density at radius 1 is 1.35 bits per heavy atom. The number of hydrogen-bond acceptors (Lipinski definition) is 3. The Hall–Kier alpha value is -1.76. The van der Waals surface area contributed by atoms with Gasteiger partial charge in [0.1, 0.15) is 6.54 Å². The number of carbonyl (C=O) groups excluding carboxylic acids is 1. The summed E-state index contributed by atoms with van der Waals surface area (Å²) in [5.41, 5.74) is 3.10. The minimum atomic E-state index is -4.40. The molecular formula is C10H12F3N3O. The number of nitrogens with two attached hydrogens (primary N) is 1. The molecule has 7 heteroatoms. The molecule has 3 N–H and O–H groups in total. The number of nitrogen functional groups attached to an aromatic ring is 1. The van der Waals surface area contributed by atoms with E-state index < -0.39 is 18.6 Å². The maximum Gasteiger partial charge on any atom is 0.406 e. The number of amides is 1. The SMILES string of the molecule is CN(CC(F)(F)F)C(=O)c1ccc(NN)cc1. The number of alkyl halides is 3. The Kier molecular flexibility index (Phi) is 3.95. The van der Waals surface area contributed by atoms with Gasteiger partial charge in [-0.15, -0.1) is 0 Å². The average molecular weight is 247 g/mol. The fraction of sp³-hybridized carbons (Fsp3) is 0.300. The first-order valence-corrected chi connectivity index (χ1v) is 4.72. The zero-order chi connectivity index (χ0) is 13.1. The third-order valence-electron chi connectivity index (χ3n) is 2.06. The van der Waals surface area contributed by atoms with E-state index in [0.717, 1.165) is 7.05 Å². The highest BCUT2D eigenvalue weighted by molar-refractivity contribution is 5.94. The summed E-state index contributed by atoms with van der Waals surface area (Å²) < 4.78 is 36.2. The number of benzene rings is 1. The minimum Gasteiger partial charge on any atom is -0.333 e. The summed E-state index contributed by atoms with van der Waals surface area (Å²) in [6.07, 6.45) is -4.40. The standard InChI is InChI=1S/C10H12F3N3O/c1-16(6-10(11,12)13)9(17)7-2-4-8(15-14)5-3-7/h2-5,15H,6,14H2,1H3. The molecule has 0 saturated heterocycles. The van der Waals surface area contributed by atoms with Crippen LogP contribution in [-0.4, -0.2) is 30.6 Å². The normalized spacial score (nSPS) is 11.1. The molecule has 1 rings (SSSR count). The van der Waals surface area contributed by atoms with Crippen LogP contribution in [0, 0.1) is 0 Å². The third kappa shape index (κ3) is 3.95. The molecule has 0 aliphatic rings. The lowest BCUT2D eigenvalue weighted by atomic mass is 10.2. The van der Waals surface area contributed by atoms with Crippen LogP contribution in [0.25, 0.3) is 0 Å². The summed E-state index contributed by atoms with van der Waals surface area (Å²) in [6.45, 7) is -1.28. The van der Waals surface area contributed by atoms with E-state index in [1.165, 1.54) is 24.3 Å². The molecule has 4 nitrogen and oxygen atoms in total. The minimum absolute atomic E-state index is 0.177. The Labute approximate surface area is 96.2 Å². The molecule has 0 bridgehead atoms. The van der Waals surface area contributed by atoms with E-state index in [1.54, 1.807) is 0 Å². The van der Waals surface area contributed by atoms with Crippen LogP contribution in [0.1, 0.15) is 10.4 Å². The molecule has 0 unspecified atom stereocenters. The highest BCUT2D eigenvalue weighted by Crippen LogP contribution is 2.17. The highest BCUT2D eigenvalue weighted by atomic mass is 19.4. The molecule has 94 valence electrons. The predicted molar refractivity (Wildman–Crippen MR) is 57.3 cm³/mol. The number of rotatable bonds is 3. The van der Waals surface area contributed by atoms with Crippen LogP contribution < -0.4 is 11.3 Å². The van der Waals surface area contributed by atoms with Gasteiger partial charge in [0, 0.05) is 18.3 Å². The molecule has 0 aliphatic heterocycles. The third-order valence-corrected chi connectivity index (χ3v) is 2.06. The van der Waals surface area contributed by atoms with Crippen LogP contribution in [0.4, 0.5) is 18.9 Å². The zero-order valence-electron chi connectivity index (χ0n) is 9.08. The molecule has 0 spiro atoms. The maximum atomic E-state index is 12.1. The van der Waals surface area contributed by atoms with Crippen molar-refractivity contribution in [2.45, 2.75) is 6.18 Å². The summed E-state index contributed by atoms with van der Waals surface area (Å²) in [6, 6.07) is 5.83. The molecule has 1 aromatic carbocycles. The van der Waals surface area contributed by atoms with Crippen LogP contribution in [-0.2, 0) is 0 Å². The number of anilines is 1. The summed E-state index contributed by atoms with van der Waals surface area (Å²) in [7, 11) is 1.10. The van der Waals surface area contributed by atoms with Crippen molar-refractivity contribution in [3.05, 3.63) is 29.8 Å². The van der Waals surface area contributed by atoms with Crippen molar-refractivity contribution in [1.82, 2.24) is 4.90 Å². The summed E-state index contributed by atoms with van der Waals surface area (Å²) in [5, 5.41) is 0. The van der Waals surface area contributed by atoms with Gasteiger partial charge in [-0.05, 0) is 24.3 Å². The van der Waals surface area contributed by atoms with Gasteiger partial charge in [-0.3, -0.25) is 10.6 Å². The lowest BCUT2D eigenvalue weighted by molar-refractivity contribution is -0.138. The first-order chi connectivity index (χ1) is 7.83. The molecule has 17 heavy (non-hydrogen) atoms. The molecule has 1 aromatic rings. The topological polar surface area (TPSA) is 58.4 Å². The van der Waals surface area contributed by atoms with E-state index in [0.29, 0.717) is 10.6 Å². The van der Waals surface area contributed by atoms with Crippen molar-refractivity contribution < 1.29 is 18.0 Å². The van der Waals surface area contributed by atoms with Gasteiger partial charge in [-0.1, -0.05) is 0 Å². The van der Waals surface area contributed by atoms with E-state index in [4.69, 9.17) is 5.84 Å². The zero-order valence-corrected chi connectivity index (χ0v) is 9.08. The number of halogens is 3. The Balaban J connectivity index is 2.75. The molecule has 0 saturated carbocycles. The van der Waals surface area contributed by atoms with Crippen LogP contribution >= 0.6 is 0 Å². The summed E-state index contributed by atoms with van der Waals surface area (Å²) in [4.78, 5) is 12.2. The van der Waals surface area contributed by atoms with Crippen LogP contribution in [0.15, 0.2) is 24.3 Å². The lowest BCUT2D eigenvalue weighted by Gasteiger charge is -2.19. The van der Waals surface area contributed by atoms with Crippen LogP contribution in [0.5, 0.6) is 0 Å². The fourth-order valence-electron chi connectivity index (χ4n) is 1.27. The van der Waals surface area contributed by atoms with E-state index in [2.05, 4.69) is 5.43 Å². The second kappa shape index (κ2) is 5.05. The Morgan fingerprint density at radius 3 is 2.29 bits per heavy atom. The van der Waals surface area contributed by atoms with Gasteiger partial charge in [0.15, 0.2) is 0 Å². The van der Waals surface area contributed by atoms with Gasteiger partial charge < -0.3 is 10.3 Å². The van der Waals surface area contributed by atoms with E-state index in [-0.39, 0.29) is 5.56 Å². The monoisotopic (exact) mass is 247 g/mol. The molecule has 1 amide bonds. The summed E-state index contributed by atoms with van der Waals surface area (Å²) in [5.74, 6) is 4.44. The van der Waals surface area contributed by atoms with Crippen molar-refractivity contribution in [1.29, 1.82) is 0 Å². The second-order valence-corrected chi connectivity index (χ2v) is 3.50. The van der Waals surface area contributed by atoms with Crippen LogP contribution in [0.3, 0.4) is 0 Å². The number of carbonyl (C=O) groups is 1. The first kappa shape index (κ1) is 13.3. The largest absolute Gasteiger partial charge is 0.406 e. The molecule has 0 heterocycles. The first-order valence-electron chi connectivity index (χ1n) is 4.72. The van der Waals surface area contributed by atoms with Gasteiger partial charge in [0.25, 0.3) is 5.91 Å². The molecule has 0 fully saturated rings. The predicted octanol–water partition coefficient (Wildman–Crippen LogP) is 1.61. The molecule has 0 aromatic heterocycles. The quantitative estimate of drug-likeness (QED) is 0.630. The lowest BCUT2D eigenvalue weighted by Crippen LogP contribution is -2.35. The molecule has 0 radical (unpaired) electrons. The van der Waals surface area contributed by atoms with E-state index >= 15 is 0 Å². The van der Waals surface area contributed by atoms with Crippen molar-refractivity contribution in [2.75, 3.05) is 19.0 Å². The molecular weight excluding hydrogens is 235 g/mol. The second-order valence-electron chi connectivity index (χ2n) is 3.50. The fourth-order valence-corrected chi connectivity index (χ4v) is 1.27. The van der Waals surface area contributed by atoms with Crippen molar-refractivity contribution in [3.8, 4) is 0 Å². The highest BCUT2D eigenvalue weighted by Gasteiger charge is 2.31. The summed E-state index contributed by atoms with van der Waals surface area (Å²) >= 11 is 0. The van der Waals surface area contributed by atoms with Gasteiger partial charge in [0.2, 0.25) is 0 Å². The van der Waals surface area contributed by atoms with Gasteiger partial charge in [-0.25, -0.2) is 0 Å². The van der Waals surface area contributed by atoms with Crippen molar-refractivity contribution in [2.24, 2.45) is 5.84 Å². The molecule has 0 atom stereocenters. The van der Waals surface area contributed by atoms with E-state index in [9.17, 15) is 18.0 Å². The number of hydrogen-bond donors (Lipinski definition) is 2. The van der Waals surface area contributed by atoms with E-state index in [1.807, 2.05) is 0 Å². The van der Waals surface area contributed by atoms with Gasteiger partial charge in [0.05, 0.1) is 0 Å². The number of nitrogens with zero attached hydrogens (tertiary/aromatic N) is 1. The molecule has 0 aliphatic carbocycles. The Bertz CT molecular complexity index is 389. The van der Waals surface area contributed by atoms with Crippen LogP contribution in [0.2, 0.25) is 0 Å². The van der Waals surface area contributed by atoms with Crippen molar-refractivity contribution >= 4 is 11.6 Å². The average Bonchev–Trinajstić information content (AvgIpc) is 2.26.